The SMILES string of the molecule is Cc1nc(N)c2c(Br)cn(C3CC3)c2n1. The lowest BCUT2D eigenvalue weighted by Gasteiger charge is -2.02. The highest BCUT2D eigenvalue weighted by Gasteiger charge is 2.27. The second-order valence-corrected chi connectivity index (χ2v) is 4.82. The zero-order valence-electron chi connectivity index (χ0n) is 8.37. The number of rotatable bonds is 1. The Balaban J connectivity index is 2.38. The fraction of sp³-hybridized carbons (Fsp3) is 0.400. The Hall–Kier alpha value is -1.10. The van der Waals surface area contributed by atoms with Crippen LogP contribution in [0, 0.1) is 6.92 Å². The summed E-state index contributed by atoms with van der Waals surface area (Å²) in [5.41, 5.74) is 6.85. The third-order valence-electron chi connectivity index (χ3n) is 2.71. The molecule has 0 aromatic carbocycles. The van der Waals surface area contributed by atoms with Gasteiger partial charge in [-0.15, -0.1) is 0 Å². The Kier molecular flexibility index (Phi) is 1.80. The van der Waals surface area contributed by atoms with E-state index < -0.39 is 0 Å². The summed E-state index contributed by atoms with van der Waals surface area (Å²) in [6.07, 6.45) is 4.53. The van der Waals surface area contributed by atoms with Gasteiger partial charge in [0.15, 0.2) is 0 Å². The van der Waals surface area contributed by atoms with Gasteiger partial charge >= 0.3 is 0 Å². The molecule has 0 spiro atoms. The van der Waals surface area contributed by atoms with E-state index in [9.17, 15) is 0 Å². The lowest BCUT2D eigenvalue weighted by molar-refractivity contribution is 0.762. The summed E-state index contributed by atoms with van der Waals surface area (Å²) in [6, 6.07) is 0.604. The molecule has 1 aliphatic carbocycles. The first kappa shape index (κ1) is 9.15. The molecule has 1 saturated carbocycles. The van der Waals surface area contributed by atoms with Crippen LogP contribution in [0.25, 0.3) is 11.0 Å². The van der Waals surface area contributed by atoms with E-state index >= 15 is 0 Å². The summed E-state index contributed by atoms with van der Waals surface area (Å²) < 4.78 is 3.19. The highest BCUT2D eigenvalue weighted by Crippen LogP contribution is 2.40. The Morgan fingerprint density at radius 3 is 2.87 bits per heavy atom. The summed E-state index contributed by atoms with van der Waals surface area (Å²) in [4.78, 5) is 8.64. The predicted octanol–water partition coefficient (Wildman–Crippen LogP) is 2.42. The van der Waals surface area contributed by atoms with Crippen molar-refractivity contribution in [1.82, 2.24) is 14.5 Å². The maximum Gasteiger partial charge on any atom is 0.147 e. The van der Waals surface area contributed by atoms with E-state index in [2.05, 4.69) is 36.7 Å². The average molecular weight is 267 g/mol. The molecule has 0 bridgehead atoms. The number of anilines is 1. The Morgan fingerprint density at radius 2 is 2.20 bits per heavy atom. The molecular weight excluding hydrogens is 256 g/mol. The van der Waals surface area contributed by atoms with E-state index in [-0.39, 0.29) is 0 Å². The predicted molar refractivity (Wildman–Crippen MR) is 62.6 cm³/mol. The summed E-state index contributed by atoms with van der Waals surface area (Å²) in [7, 11) is 0. The maximum absolute atomic E-state index is 5.90. The molecule has 2 N–H and O–H groups in total. The Morgan fingerprint density at radius 1 is 1.47 bits per heavy atom. The molecule has 15 heavy (non-hydrogen) atoms. The number of hydrogen-bond acceptors (Lipinski definition) is 3. The topological polar surface area (TPSA) is 56.7 Å². The minimum Gasteiger partial charge on any atom is -0.383 e. The van der Waals surface area contributed by atoms with Gasteiger partial charge in [-0.05, 0) is 35.7 Å². The van der Waals surface area contributed by atoms with Gasteiger partial charge in [-0.2, -0.15) is 0 Å². The normalized spacial score (nSPS) is 16.1. The molecule has 2 aromatic rings. The Labute approximate surface area is 95.6 Å². The maximum atomic E-state index is 5.90. The van der Waals surface area contributed by atoms with E-state index in [4.69, 9.17) is 5.73 Å². The van der Waals surface area contributed by atoms with Gasteiger partial charge in [-0.3, -0.25) is 0 Å². The number of halogens is 1. The van der Waals surface area contributed by atoms with Crippen molar-refractivity contribution in [2.45, 2.75) is 25.8 Å². The van der Waals surface area contributed by atoms with Crippen LogP contribution in [0.3, 0.4) is 0 Å². The molecule has 0 radical (unpaired) electrons. The second kappa shape index (κ2) is 2.95. The van der Waals surface area contributed by atoms with Crippen molar-refractivity contribution in [3.63, 3.8) is 0 Å². The van der Waals surface area contributed by atoms with E-state index in [0.29, 0.717) is 11.9 Å². The molecular formula is C10H11BrN4. The minimum absolute atomic E-state index is 0.559. The molecule has 1 aliphatic rings. The quantitative estimate of drug-likeness (QED) is 0.863. The van der Waals surface area contributed by atoms with Gasteiger partial charge in [-0.1, -0.05) is 0 Å². The third kappa shape index (κ3) is 1.33. The first-order valence-electron chi connectivity index (χ1n) is 4.97. The lowest BCUT2D eigenvalue weighted by atomic mass is 10.4. The summed E-state index contributed by atoms with van der Waals surface area (Å²) in [5.74, 6) is 1.29. The van der Waals surface area contributed by atoms with Crippen LogP contribution in [-0.2, 0) is 0 Å². The number of nitrogen functional groups attached to an aromatic ring is 1. The number of fused-ring (bicyclic) bond motifs is 1. The molecule has 0 aliphatic heterocycles. The van der Waals surface area contributed by atoms with Gasteiger partial charge < -0.3 is 10.3 Å². The number of nitrogens with two attached hydrogens (primary N) is 1. The van der Waals surface area contributed by atoms with Crippen molar-refractivity contribution in [2.24, 2.45) is 0 Å². The van der Waals surface area contributed by atoms with Crippen LogP contribution in [0.15, 0.2) is 10.7 Å². The molecule has 4 nitrogen and oxygen atoms in total. The van der Waals surface area contributed by atoms with Crippen LogP contribution >= 0.6 is 15.9 Å². The highest BCUT2D eigenvalue weighted by molar-refractivity contribution is 9.10. The van der Waals surface area contributed by atoms with Gasteiger partial charge in [0.1, 0.15) is 17.3 Å². The van der Waals surface area contributed by atoms with Gasteiger partial charge in [0.25, 0.3) is 0 Å². The zero-order chi connectivity index (χ0) is 10.6. The standard InChI is InChI=1S/C10H11BrN4/c1-5-13-9(12)8-7(11)4-15(6-2-3-6)10(8)14-5/h4,6H,2-3H2,1H3,(H2,12,13,14). The van der Waals surface area contributed by atoms with E-state index in [1.54, 1.807) is 0 Å². The van der Waals surface area contributed by atoms with Crippen LogP contribution in [0.1, 0.15) is 24.7 Å². The fourth-order valence-electron chi connectivity index (χ4n) is 1.87. The van der Waals surface area contributed by atoms with E-state index in [0.717, 1.165) is 21.3 Å². The first-order valence-corrected chi connectivity index (χ1v) is 5.76. The summed E-state index contributed by atoms with van der Waals surface area (Å²) >= 11 is 3.51. The fourth-order valence-corrected chi connectivity index (χ4v) is 2.47. The van der Waals surface area contributed by atoms with Gasteiger partial charge in [-0.25, -0.2) is 9.97 Å². The largest absolute Gasteiger partial charge is 0.383 e. The van der Waals surface area contributed by atoms with Crippen molar-refractivity contribution in [2.75, 3.05) is 5.73 Å². The Bertz CT molecular complexity index is 542. The third-order valence-corrected chi connectivity index (χ3v) is 3.31. The second-order valence-electron chi connectivity index (χ2n) is 3.97. The number of aromatic nitrogens is 3. The van der Waals surface area contributed by atoms with Crippen LogP contribution in [0.5, 0.6) is 0 Å². The van der Waals surface area contributed by atoms with Gasteiger partial charge in [0, 0.05) is 16.7 Å². The monoisotopic (exact) mass is 266 g/mol. The lowest BCUT2D eigenvalue weighted by Crippen LogP contribution is -1.99. The van der Waals surface area contributed by atoms with Crippen molar-refractivity contribution >= 4 is 32.8 Å². The van der Waals surface area contributed by atoms with Crippen molar-refractivity contribution < 1.29 is 0 Å². The molecule has 1 fully saturated rings. The van der Waals surface area contributed by atoms with Crippen molar-refractivity contribution in [3.05, 3.63) is 16.5 Å². The van der Waals surface area contributed by atoms with Crippen LogP contribution in [-0.4, -0.2) is 14.5 Å². The minimum atomic E-state index is 0.559. The average Bonchev–Trinajstić information content (AvgIpc) is 2.92. The smallest absolute Gasteiger partial charge is 0.147 e. The molecule has 0 amide bonds. The molecule has 2 aromatic heterocycles. The van der Waals surface area contributed by atoms with Crippen molar-refractivity contribution in [3.8, 4) is 0 Å². The van der Waals surface area contributed by atoms with Crippen LogP contribution in [0.2, 0.25) is 0 Å². The number of hydrogen-bond donors (Lipinski definition) is 1. The number of nitrogens with zero attached hydrogens (tertiary/aromatic N) is 3. The highest BCUT2D eigenvalue weighted by atomic mass is 79.9. The first-order chi connectivity index (χ1) is 7.16. The van der Waals surface area contributed by atoms with Gasteiger partial charge in [0.2, 0.25) is 0 Å². The molecule has 78 valence electrons. The molecule has 5 heteroatoms. The molecule has 0 unspecified atom stereocenters. The van der Waals surface area contributed by atoms with Gasteiger partial charge in [0.05, 0.1) is 5.39 Å². The summed E-state index contributed by atoms with van der Waals surface area (Å²) in [5, 5.41) is 0.938. The van der Waals surface area contributed by atoms with Crippen molar-refractivity contribution in [1.29, 1.82) is 0 Å². The number of aryl methyl sites for hydroxylation is 1. The van der Waals surface area contributed by atoms with Crippen LogP contribution < -0.4 is 5.73 Å². The van der Waals surface area contributed by atoms with E-state index in [1.807, 2.05) is 6.92 Å². The summed E-state index contributed by atoms with van der Waals surface area (Å²) in [6.45, 7) is 1.87. The molecule has 3 rings (SSSR count). The van der Waals surface area contributed by atoms with Crippen LogP contribution in [0.4, 0.5) is 5.82 Å². The molecule has 2 heterocycles. The van der Waals surface area contributed by atoms with E-state index in [1.165, 1.54) is 12.8 Å². The molecule has 0 saturated heterocycles. The zero-order valence-corrected chi connectivity index (χ0v) is 9.95. The molecule has 0 atom stereocenters.